The maximum Gasteiger partial charge on any atom is 0.161 e. The number of carbonyl (C=O) groups excluding carboxylic acids is 1. The lowest BCUT2D eigenvalue weighted by Crippen LogP contribution is -2.16. The number of hydrogen-bond donors (Lipinski definition) is 0. The number of ketones is 1. The number of benzene rings is 2. The molecule has 3 nitrogen and oxygen atoms in total. The number of anilines is 1. The highest BCUT2D eigenvalue weighted by Crippen LogP contribution is 2.45. The molecule has 2 aromatic carbocycles. The number of para-hydroxylation sites is 2. The minimum Gasteiger partial charge on any atom is -0.335 e. The van der Waals surface area contributed by atoms with E-state index in [4.69, 9.17) is 0 Å². The summed E-state index contributed by atoms with van der Waals surface area (Å²) in [4.78, 5) is 19.6. The van der Waals surface area contributed by atoms with Crippen LogP contribution in [0, 0.1) is 0 Å². The van der Waals surface area contributed by atoms with E-state index in [2.05, 4.69) is 41.1 Å². The maximum absolute atomic E-state index is 11.6. The second-order valence-corrected chi connectivity index (χ2v) is 6.23. The van der Waals surface area contributed by atoms with Crippen LogP contribution in [0.4, 0.5) is 11.4 Å². The van der Waals surface area contributed by atoms with Crippen LogP contribution in [0.3, 0.4) is 0 Å². The van der Waals surface area contributed by atoms with Gasteiger partial charge in [-0.2, -0.15) is 0 Å². The molecule has 0 unspecified atom stereocenters. The van der Waals surface area contributed by atoms with Gasteiger partial charge in [-0.1, -0.05) is 36.0 Å². The molecule has 0 amide bonds. The lowest BCUT2D eigenvalue weighted by atomic mass is 10.1. The van der Waals surface area contributed by atoms with Crippen LogP contribution in [-0.4, -0.2) is 18.5 Å². The molecular formula is C19H18N2OS. The Morgan fingerprint density at radius 2 is 1.91 bits per heavy atom. The summed E-state index contributed by atoms with van der Waals surface area (Å²) < 4.78 is 0. The molecule has 0 aliphatic carbocycles. The van der Waals surface area contributed by atoms with Crippen LogP contribution in [-0.2, 0) is 0 Å². The average Bonchev–Trinajstić information content (AvgIpc) is 2.92. The zero-order valence-corrected chi connectivity index (χ0v) is 14.0. The Morgan fingerprint density at radius 3 is 2.70 bits per heavy atom. The van der Waals surface area contributed by atoms with Crippen LogP contribution in [0.2, 0.25) is 0 Å². The van der Waals surface area contributed by atoms with Crippen molar-refractivity contribution in [2.24, 2.45) is 4.99 Å². The zero-order chi connectivity index (χ0) is 16.2. The number of Topliss-reactive ketones (excluding diaryl/α,β-unsaturated/α-hetero) is 1. The quantitative estimate of drug-likeness (QED) is 0.582. The van der Waals surface area contributed by atoms with E-state index in [9.17, 15) is 4.79 Å². The number of thioether (sulfide) groups is 1. The zero-order valence-electron chi connectivity index (χ0n) is 13.2. The number of hydrogen-bond acceptors (Lipinski definition) is 4. The number of carbonyl (C=O) groups is 1. The highest BCUT2D eigenvalue weighted by atomic mass is 32.2. The number of allylic oxidation sites excluding steroid dienone is 1. The molecule has 1 aliphatic heterocycles. The Bertz CT molecular complexity index is 795. The summed E-state index contributed by atoms with van der Waals surface area (Å²) in [5.74, 6) is 0.0308. The molecule has 4 heteroatoms. The second kappa shape index (κ2) is 6.84. The van der Waals surface area contributed by atoms with Gasteiger partial charge in [0.05, 0.1) is 16.4 Å². The summed E-state index contributed by atoms with van der Waals surface area (Å²) in [5.41, 5.74) is 2.60. The smallest absolute Gasteiger partial charge is 0.161 e. The van der Waals surface area contributed by atoms with Crippen molar-refractivity contribution in [3.8, 4) is 0 Å². The van der Waals surface area contributed by atoms with Gasteiger partial charge in [0, 0.05) is 23.2 Å². The number of nitrogens with zero attached hydrogens (tertiary/aromatic N) is 2. The van der Waals surface area contributed by atoms with E-state index < -0.39 is 0 Å². The normalized spacial score (nSPS) is 15.4. The highest BCUT2D eigenvalue weighted by Gasteiger charge is 2.22. The molecule has 23 heavy (non-hydrogen) atoms. The van der Waals surface area contributed by atoms with Gasteiger partial charge in [0.15, 0.2) is 5.78 Å². The second-order valence-electron chi connectivity index (χ2n) is 5.17. The SMILES string of the molecule is CCN1/C(=C/C=Nc2ccccc2C(C)=O)Sc2ccccc21. The van der Waals surface area contributed by atoms with Crippen LogP contribution in [0.15, 0.2) is 69.5 Å². The van der Waals surface area contributed by atoms with Crippen molar-refractivity contribution < 1.29 is 4.79 Å². The Morgan fingerprint density at radius 1 is 1.17 bits per heavy atom. The molecule has 0 bridgehead atoms. The summed E-state index contributed by atoms with van der Waals surface area (Å²) in [6.45, 7) is 4.61. The monoisotopic (exact) mass is 322 g/mol. The van der Waals surface area contributed by atoms with E-state index >= 15 is 0 Å². The summed E-state index contributed by atoms with van der Waals surface area (Å²) in [7, 11) is 0. The predicted molar refractivity (Wildman–Crippen MR) is 98.0 cm³/mol. The first-order valence-corrected chi connectivity index (χ1v) is 8.41. The summed E-state index contributed by atoms with van der Waals surface area (Å²) in [6.07, 6.45) is 3.78. The van der Waals surface area contributed by atoms with Gasteiger partial charge in [0.2, 0.25) is 0 Å². The molecule has 0 radical (unpaired) electrons. The van der Waals surface area contributed by atoms with Crippen LogP contribution < -0.4 is 4.90 Å². The largest absolute Gasteiger partial charge is 0.335 e. The number of fused-ring (bicyclic) bond motifs is 1. The summed E-state index contributed by atoms with van der Waals surface area (Å²) >= 11 is 1.74. The van der Waals surface area contributed by atoms with E-state index in [1.54, 1.807) is 31.0 Å². The third kappa shape index (κ3) is 3.22. The van der Waals surface area contributed by atoms with Crippen molar-refractivity contribution in [3.63, 3.8) is 0 Å². The Balaban J connectivity index is 1.85. The van der Waals surface area contributed by atoms with Gasteiger partial charge in [0.1, 0.15) is 0 Å². The molecule has 2 aromatic rings. The minimum absolute atomic E-state index is 0.0308. The average molecular weight is 322 g/mol. The Hall–Kier alpha value is -2.33. The Kier molecular flexibility index (Phi) is 4.63. The molecule has 0 fully saturated rings. The van der Waals surface area contributed by atoms with Crippen LogP contribution in [0.5, 0.6) is 0 Å². The first-order chi connectivity index (χ1) is 11.2. The summed E-state index contributed by atoms with van der Waals surface area (Å²) in [5, 5.41) is 1.15. The first-order valence-electron chi connectivity index (χ1n) is 7.59. The molecule has 0 spiro atoms. The van der Waals surface area contributed by atoms with Crippen molar-refractivity contribution >= 4 is 35.1 Å². The molecule has 116 valence electrons. The van der Waals surface area contributed by atoms with E-state index in [-0.39, 0.29) is 5.78 Å². The fourth-order valence-electron chi connectivity index (χ4n) is 2.57. The van der Waals surface area contributed by atoms with E-state index in [1.165, 1.54) is 10.6 Å². The van der Waals surface area contributed by atoms with E-state index in [1.807, 2.05) is 24.3 Å². The minimum atomic E-state index is 0.0308. The molecule has 1 aliphatic rings. The van der Waals surface area contributed by atoms with Crippen molar-refractivity contribution in [1.82, 2.24) is 0 Å². The topological polar surface area (TPSA) is 32.7 Å². The van der Waals surface area contributed by atoms with Crippen LogP contribution >= 0.6 is 11.8 Å². The van der Waals surface area contributed by atoms with Gasteiger partial charge < -0.3 is 4.90 Å². The van der Waals surface area contributed by atoms with Gasteiger partial charge in [-0.15, -0.1) is 0 Å². The van der Waals surface area contributed by atoms with E-state index in [0.717, 1.165) is 11.6 Å². The third-order valence-electron chi connectivity index (χ3n) is 3.67. The molecule has 0 saturated heterocycles. The van der Waals surface area contributed by atoms with Crippen molar-refractivity contribution in [1.29, 1.82) is 0 Å². The van der Waals surface area contributed by atoms with Gasteiger partial charge >= 0.3 is 0 Å². The van der Waals surface area contributed by atoms with Gasteiger partial charge in [0.25, 0.3) is 0 Å². The van der Waals surface area contributed by atoms with Crippen molar-refractivity contribution in [2.75, 3.05) is 11.4 Å². The molecular weight excluding hydrogens is 304 g/mol. The van der Waals surface area contributed by atoms with Gasteiger partial charge in [-0.25, -0.2) is 0 Å². The van der Waals surface area contributed by atoms with Gasteiger partial charge in [-0.3, -0.25) is 9.79 Å². The number of aliphatic imine (C=N–C) groups is 1. The fraction of sp³-hybridized carbons (Fsp3) is 0.158. The molecule has 0 atom stereocenters. The molecule has 1 heterocycles. The standard InChI is InChI=1S/C19H18N2OS/c1-3-21-17-10-6-7-11-18(17)23-19(21)12-13-20-16-9-5-4-8-15(16)14(2)22/h4-13H,3H2,1-2H3/b19-12-,20-13?. The summed E-state index contributed by atoms with van der Waals surface area (Å²) in [6, 6.07) is 15.8. The maximum atomic E-state index is 11.6. The lowest BCUT2D eigenvalue weighted by Gasteiger charge is -2.17. The molecule has 3 rings (SSSR count). The Labute approximate surface area is 140 Å². The van der Waals surface area contributed by atoms with E-state index in [0.29, 0.717) is 11.3 Å². The first kappa shape index (κ1) is 15.6. The highest BCUT2D eigenvalue weighted by molar-refractivity contribution is 8.03. The van der Waals surface area contributed by atoms with Gasteiger partial charge in [-0.05, 0) is 44.2 Å². The van der Waals surface area contributed by atoms with Crippen molar-refractivity contribution in [2.45, 2.75) is 18.7 Å². The fourth-order valence-corrected chi connectivity index (χ4v) is 3.69. The van der Waals surface area contributed by atoms with Crippen LogP contribution in [0.1, 0.15) is 24.2 Å². The van der Waals surface area contributed by atoms with Crippen molar-refractivity contribution in [3.05, 3.63) is 65.2 Å². The van der Waals surface area contributed by atoms with Crippen LogP contribution in [0.25, 0.3) is 0 Å². The predicted octanol–water partition coefficient (Wildman–Crippen LogP) is 5.07. The number of rotatable bonds is 4. The lowest BCUT2D eigenvalue weighted by molar-refractivity contribution is 0.101. The molecule has 0 aromatic heterocycles. The molecule has 0 N–H and O–H groups in total. The molecule has 0 saturated carbocycles. The third-order valence-corrected chi connectivity index (χ3v) is 4.80.